The fourth-order valence-electron chi connectivity index (χ4n) is 1.20. The first kappa shape index (κ1) is 13.0. The molecule has 0 saturated carbocycles. The van der Waals surface area contributed by atoms with Crippen LogP contribution >= 0.6 is 0 Å². The van der Waals surface area contributed by atoms with Crippen LogP contribution in [0.5, 0.6) is 0 Å². The lowest BCUT2D eigenvalue weighted by atomic mass is 10.2. The van der Waals surface area contributed by atoms with Gasteiger partial charge in [0.1, 0.15) is 0 Å². The maximum atomic E-state index is 11.4. The highest BCUT2D eigenvalue weighted by Crippen LogP contribution is 2.10. The molecule has 0 aliphatic rings. The predicted molar refractivity (Wildman–Crippen MR) is 62.2 cm³/mol. The van der Waals surface area contributed by atoms with Crippen LogP contribution in [0.1, 0.15) is 19.4 Å². The third-order valence-electron chi connectivity index (χ3n) is 1.78. The summed E-state index contributed by atoms with van der Waals surface area (Å²) in [6.07, 6.45) is -1.61. The Morgan fingerprint density at radius 1 is 1.35 bits per heavy atom. The molecule has 5 heteroatoms. The van der Waals surface area contributed by atoms with E-state index in [0.29, 0.717) is 5.69 Å². The smallest absolute Gasteiger partial charge is 0.414 e. The average Bonchev–Trinajstić information content (AvgIpc) is 2.14. The Bertz CT molecular complexity index is 417. The number of amides is 1. The number of benzene rings is 1. The lowest BCUT2D eigenvalue weighted by Gasteiger charge is -2.13. The fraction of sp³-hybridized carbons (Fsp3) is 0.250. The number of ether oxygens (including phenoxy) is 2. The summed E-state index contributed by atoms with van der Waals surface area (Å²) < 4.78 is 9.44. The summed E-state index contributed by atoms with van der Waals surface area (Å²) in [5, 5.41) is 2.49. The molecule has 1 N–H and O–H groups in total. The number of carbonyl (C=O) groups is 2. The molecular weight excluding hydrogens is 222 g/mol. The van der Waals surface area contributed by atoms with Crippen molar-refractivity contribution in [2.45, 2.75) is 20.1 Å². The van der Waals surface area contributed by atoms with Gasteiger partial charge in [-0.3, -0.25) is 10.1 Å². The van der Waals surface area contributed by atoms with Crippen LogP contribution in [-0.2, 0) is 14.3 Å². The van der Waals surface area contributed by atoms with E-state index in [1.54, 1.807) is 24.3 Å². The fourth-order valence-corrected chi connectivity index (χ4v) is 1.20. The van der Waals surface area contributed by atoms with Crippen molar-refractivity contribution >= 4 is 17.7 Å². The van der Waals surface area contributed by atoms with Crippen LogP contribution in [0.4, 0.5) is 10.5 Å². The lowest BCUT2D eigenvalue weighted by Crippen LogP contribution is -2.23. The second-order valence-electron chi connectivity index (χ2n) is 3.41. The van der Waals surface area contributed by atoms with Crippen LogP contribution in [0.2, 0.25) is 0 Å². The number of carbonyl (C=O) groups excluding carboxylic acids is 2. The summed E-state index contributed by atoms with van der Waals surface area (Å²) in [7, 11) is 0. The average molecular weight is 236 g/mol. The summed E-state index contributed by atoms with van der Waals surface area (Å²) in [5.41, 5.74) is 1.34. The highest BCUT2D eigenvalue weighted by molar-refractivity contribution is 5.84. The molecule has 0 bridgehead atoms. The Hall–Kier alpha value is -2.04. The highest BCUT2D eigenvalue weighted by Gasteiger charge is 2.11. The number of esters is 1. The van der Waals surface area contributed by atoms with Gasteiger partial charge in [0.05, 0.1) is 0 Å². The zero-order chi connectivity index (χ0) is 12.8. The zero-order valence-electron chi connectivity index (χ0n) is 9.73. The van der Waals surface area contributed by atoms with Gasteiger partial charge in [-0.05, 0) is 24.6 Å². The topological polar surface area (TPSA) is 64.6 Å². The second kappa shape index (κ2) is 5.89. The Morgan fingerprint density at radius 3 is 2.65 bits per heavy atom. The van der Waals surface area contributed by atoms with Gasteiger partial charge >= 0.3 is 12.1 Å². The zero-order valence-corrected chi connectivity index (χ0v) is 9.73. The van der Waals surface area contributed by atoms with Crippen molar-refractivity contribution in [2.75, 3.05) is 5.32 Å². The van der Waals surface area contributed by atoms with Crippen molar-refractivity contribution in [3.63, 3.8) is 0 Å². The van der Waals surface area contributed by atoms with Crippen molar-refractivity contribution in [3.8, 4) is 0 Å². The molecule has 1 unspecified atom stereocenters. The molecule has 1 rings (SSSR count). The second-order valence-corrected chi connectivity index (χ2v) is 3.41. The summed E-state index contributed by atoms with van der Waals surface area (Å²) >= 11 is 0. The Kier molecular flexibility index (Phi) is 4.51. The van der Waals surface area contributed by atoms with E-state index in [-0.39, 0.29) is 0 Å². The third kappa shape index (κ3) is 5.01. The molecule has 0 aliphatic carbocycles. The monoisotopic (exact) mass is 236 g/mol. The number of rotatable bonds is 3. The van der Waals surface area contributed by atoms with Gasteiger partial charge in [-0.25, -0.2) is 4.79 Å². The Morgan fingerprint density at radius 2 is 2.06 bits per heavy atom. The lowest BCUT2D eigenvalue weighted by molar-refractivity contribution is -0.161. The summed E-state index contributed by atoms with van der Waals surface area (Å²) in [6.45, 7) is 6.42. The molecular formula is C12H14NO4. The molecule has 0 aliphatic heterocycles. The van der Waals surface area contributed by atoms with Crippen molar-refractivity contribution in [2.24, 2.45) is 0 Å². The van der Waals surface area contributed by atoms with E-state index in [4.69, 9.17) is 4.74 Å². The first-order chi connectivity index (χ1) is 7.97. The van der Waals surface area contributed by atoms with Gasteiger partial charge in [0, 0.05) is 19.5 Å². The van der Waals surface area contributed by atoms with Gasteiger partial charge in [-0.2, -0.15) is 0 Å². The Labute approximate surface area is 99.7 Å². The molecule has 17 heavy (non-hydrogen) atoms. The third-order valence-corrected chi connectivity index (χ3v) is 1.78. The number of hydrogen-bond donors (Lipinski definition) is 1. The van der Waals surface area contributed by atoms with Crippen LogP contribution in [0.25, 0.3) is 0 Å². The normalized spacial score (nSPS) is 11.5. The van der Waals surface area contributed by atoms with Crippen molar-refractivity contribution in [3.05, 3.63) is 36.8 Å². The summed E-state index contributed by atoms with van der Waals surface area (Å²) in [6, 6.07) is 6.95. The molecule has 1 radical (unpaired) electrons. The highest BCUT2D eigenvalue weighted by atomic mass is 16.7. The molecule has 91 valence electrons. The molecule has 0 heterocycles. The number of hydrogen-bond acceptors (Lipinski definition) is 4. The minimum absolute atomic E-state index is 0.509. The molecule has 1 amide bonds. The van der Waals surface area contributed by atoms with Crippen molar-refractivity contribution < 1.29 is 19.1 Å². The first-order valence-corrected chi connectivity index (χ1v) is 5.04. The van der Waals surface area contributed by atoms with Crippen LogP contribution in [0.3, 0.4) is 0 Å². The van der Waals surface area contributed by atoms with Gasteiger partial charge < -0.3 is 9.47 Å². The van der Waals surface area contributed by atoms with Crippen molar-refractivity contribution in [1.29, 1.82) is 0 Å². The van der Waals surface area contributed by atoms with Crippen LogP contribution in [-0.4, -0.2) is 18.4 Å². The molecule has 1 aromatic carbocycles. The van der Waals surface area contributed by atoms with Gasteiger partial charge in [0.2, 0.25) is 6.29 Å². The quantitative estimate of drug-likeness (QED) is 0.646. The molecule has 0 aromatic heterocycles. The van der Waals surface area contributed by atoms with E-state index in [9.17, 15) is 9.59 Å². The van der Waals surface area contributed by atoms with Crippen molar-refractivity contribution in [1.82, 2.24) is 0 Å². The standard InChI is InChI=1S/C12H14NO4/c1-8-5-4-6-11(7-8)13-12(15)17-10(3)16-9(2)14/h4-7,10H,1H2,2-3H3,(H,13,15). The van der Waals surface area contributed by atoms with E-state index >= 15 is 0 Å². The van der Waals surface area contributed by atoms with Crippen LogP contribution < -0.4 is 5.32 Å². The maximum absolute atomic E-state index is 11.4. The van der Waals surface area contributed by atoms with E-state index < -0.39 is 18.4 Å². The van der Waals surface area contributed by atoms with Gasteiger partial charge in [0.25, 0.3) is 0 Å². The minimum atomic E-state index is -0.921. The number of anilines is 1. The van der Waals surface area contributed by atoms with E-state index in [1.807, 2.05) is 0 Å². The van der Waals surface area contributed by atoms with Gasteiger partial charge in [-0.1, -0.05) is 12.1 Å². The minimum Gasteiger partial charge on any atom is -0.426 e. The summed E-state index contributed by atoms with van der Waals surface area (Å²) in [5.74, 6) is -0.509. The maximum Gasteiger partial charge on any atom is 0.414 e. The molecule has 1 aromatic rings. The van der Waals surface area contributed by atoms with Gasteiger partial charge in [-0.15, -0.1) is 0 Å². The molecule has 5 nitrogen and oxygen atoms in total. The SMILES string of the molecule is [CH2]c1cccc(NC(=O)OC(C)OC(C)=O)c1. The van der Waals surface area contributed by atoms with Crippen LogP contribution in [0.15, 0.2) is 24.3 Å². The first-order valence-electron chi connectivity index (χ1n) is 5.04. The summed E-state index contributed by atoms with van der Waals surface area (Å²) in [4.78, 5) is 22.0. The predicted octanol–water partition coefficient (Wildman–Crippen LogP) is 2.33. The van der Waals surface area contributed by atoms with Gasteiger partial charge in [0.15, 0.2) is 0 Å². The van der Waals surface area contributed by atoms with E-state index in [1.165, 1.54) is 13.8 Å². The largest absolute Gasteiger partial charge is 0.426 e. The molecule has 0 saturated heterocycles. The number of nitrogens with one attached hydrogen (secondary N) is 1. The van der Waals surface area contributed by atoms with Crippen LogP contribution in [0, 0.1) is 6.92 Å². The van der Waals surface area contributed by atoms with E-state index in [0.717, 1.165) is 5.56 Å². The molecule has 0 fully saturated rings. The van der Waals surface area contributed by atoms with E-state index in [2.05, 4.69) is 17.0 Å². The Balaban J connectivity index is 2.47. The molecule has 0 spiro atoms. The molecule has 1 atom stereocenters.